The largest absolute Gasteiger partial charge is 0.488 e. The van der Waals surface area contributed by atoms with Gasteiger partial charge in [0.05, 0.1) is 6.61 Å². The van der Waals surface area contributed by atoms with Gasteiger partial charge in [-0.2, -0.15) is 0 Å². The van der Waals surface area contributed by atoms with Gasteiger partial charge < -0.3 is 4.74 Å². The molecule has 0 N–H and O–H groups in total. The van der Waals surface area contributed by atoms with E-state index in [1.54, 1.807) is 12.1 Å². The summed E-state index contributed by atoms with van der Waals surface area (Å²) >= 11 is 5.60. The highest BCUT2D eigenvalue weighted by Crippen LogP contribution is 2.44. The average molecular weight is 429 g/mol. The summed E-state index contributed by atoms with van der Waals surface area (Å²) in [6.45, 7) is 2.57. The Morgan fingerprint density at radius 2 is 1.61 bits per heavy atom. The SMILES string of the molecule is CCC[Si@H]1CC[C@H]([C@H]2CC[C@H](c3cc(F)c(OCCCCl)c(F)c3)CC2)CC1. The summed E-state index contributed by atoms with van der Waals surface area (Å²) in [4.78, 5) is 0. The highest BCUT2D eigenvalue weighted by molar-refractivity contribution is 6.58. The molecule has 28 heavy (non-hydrogen) atoms. The molecule has 1 aromatic rings. The molecule has 1 aromatic carbocycles. The third-order valence-electron chi connectivity index (χ3n) is 7.04. The van der Waals surface area contributed by atoms with Crippen molar-refractivity contribution in [3.63, 3.8) is 0 Å². The minimum absolute atomic E-state index is 0.241. The van der Waals surface area contributed by atoms with Crippen LogP contribution in [0.2, 0.25) is 18.1 Å². The number of hydrogen-bond acceptors (Lipinski definition) is 1. The van der Waals surface area contributed by atoms with Crippen LogP contribution in [0.5, 0.6) is 5.75 Å². The molecular formula is C23H35ClF2OSi. The summed E-state index contributed by atoms with van der Waals surface area (Å²) in [6.07, 6.45) is 9.39. The van der Waals surface area contributed by atoms with Gasteiger partial charge in [-0.25, -0.2) is 8.78 Å². The van der Waals surface area contributed by atoms with Crippen molar-refractivity contribution in [1.29, 1.82) is 0 Å². The van der Waals surface area contributed by atoms with E-state index in [2.05, 4.69) is 6.92 Å². The first kappa shape index (κ1) is 22.1. The van der Waals surface area contributed by atoms with E-state index in [1.807, 2.05) is 0 Å². The van der Waals surface area contributed by atoms with Crippen LogP contribution in [0.1, 0.15) is 69.8 Å². The van der Waals surface area contributed by atoms with Crippen LogP contribution in [0.3, 0.4) is 0 Å². The van der Waals surface area contributed by atoms with Crippen LogP contribution in [0.15, 0.2) is 12.1 Å². The first-order valence-electron chi connectivity index (χ1n) is 11.3. The summed E-state index contributed by atoms with van der Waals surface area (Å²) in [5.41, 5.74) is 0.803. The van der Waals surface area contributed by atoms with E-state index >= 15 is 0 Å². The molecule has 1 nitrogen and oxygen atoms in total. The number of alkyl halides is 1. The van der Waals surface area contributed by atoms with E-state index in [9.17, 15) is 8.78 Å². The van der Waals surface area contributed by atoms with Gasteiger partial charge in [-0.1, -0.05) is 44.3 Å². The molecular weight excluding hydrogens is 394 g/mol. The van der Waals surface area contributed by atoms with Crippen molar-refractivity contribution in [3.8, 4) is 5.75 Å². The molecule has 0 aromatic heterocycles. The van der Waals surface area contributed by atoms with Gasteiger partial charge in [0.2, 0.25) is 0 Å². The Bertz CT molecular complexity index is 588. The van der Waals surface area contributed by atoms with E-state index in [4.69, 9.17) is 16.3 Å². The lowest BCUT2D eigenvalue weighted by molar-refractivity contribution is 0.215. The third kappa shape index (κ3) is 5.72. The van der Waals surface area contributed by atoms with Crippen LogP contribution in [-0.2, 0) is 0 Å². The minimum Gasteiger partial charge on any atom is -0.488 e. The average Bonchev–Trinajstić information content (AvgIpc) is 2.71. The van der Waals surface area contributed by atoms with Gasteiger partial charge in [-0.3, -0.25) is 0 Å². The van der Waals surface area contributed by atoms with E-state index < -0.39 is 20.4 Å². The maximum absolute atomic E-state index is 14.4. The van der Waals surface area contributed by atoms with Gasteiger partial charge in [0.25, 0.3) is 0 Å². The Labute approximate surface area is 175 Å². The van der Waals surface area contributed by atoms with E-state index in [0.717, 1.165) is 30.2 Å². The minimum atomic E-state index is -0.578. The summed E-state index contributed by atoms with van der Waals surface area (Å²) in [5.74, 6) is 1.04. The van der Waals surface area contributed by atoms with Crippen LogP contribution in [0.25, 0.3) is 0 Å². The van der Waals surface area contributed by atoms with Crippen LogP contribution < -0.4 is 4.74 Å². The zero-order chi connectivity index (χ0) is 19.9. The number of ether oxygens (including phenoxy) is 1. The molecule has 0 amide bonds. The van der Waals surface area contributed by atoms with Crippen molar-refractivity contribution in [2.24, 2.45) is 11.8 Å². The molecule has 1 heterocycles. The predicted octanol–water partition coefficient (Wildman–Crippen LogP) is 7.29. The highest BCUT2D eigenvalue weighted by atomic mass is 35.5. The van der Waals surface area contributed by atoms with Crippen LogP contribution >= 0.6 is 11.6 Å². The maximum atomic E-state index is 14.4. The second-order valence-corrected chi connectivity index (χ2v) is 12.7. The first-order chi connectivity index (χ1) is 13.6. The molecule has 3 rings (SSSR count). The Morgan fingerprint density at radius 1 is 1.00 bits per heavy atom. The number of rotatable bonds is 8. The summed E-state index contributed by atoms with van der Waals surface area (Å²) < 4.78 is 34.0. The standard InChI is InChI=1S/C23H35ClF2OSi/c1-2-12-28-13-8-19(9-14-28)17-4-6-18(7-5-17)20-15-21(25)23(22(26)16-20)27-11-3-10-24/h15-19,28H,2-14H2,1H3/t17-,18-,19-,28-. The van der Waals surface area contributed by atoms with Gasteiger partial charge in [0.1, 0.15) is 0 Å². The van der Waals surface area contributed by atoms with Crippen molar-refractivity contribution in [3.05, 3.63) is 29.3 Å². The first-order valence-corrected chi connectivity index (χ1v) is 14.3. The van der Waals surface area contributed by atoms with Gasteiger partial charge in [-0.05, 0) is 67.6 Å². The van der Waals surface area contributed by atoms with Gasteiger partial charge >= 0.3 is 0 Å². The molecule has 1 aliphatic heterocycles. The molecule has 0 atom stereocenters. The number of halogens is 3. The molecule has 1 saturated heterocycles. The highest BCUT2D eigenvalue weighted by Gasteiger charge is 2.32. The fraction of sp³-hybridized carbons (Fsp3) is 0.739. The van der Waals surface area contributed by atoms with Crippen molar-refractivity contribution < 1.29 is 13.5 Å². The Morgan fingerprint density at radius 3 is 2.18 bits per heavy atom. The maximum Gasteiger partial charge on any atom is 0.190 e. The van der Waals surface area contributed by atoms with Crippen molar-refractivity contribution in [1.82, 2.24) is 0 Å². The lowest BCUT2D eigenvalue weighted by atomic mass is 9.72. The molecule has 158 valence electrons. The third-order valence-corrected chi connectivity index (χ3v) is 11.0. The Kier molecular flexibility index (Phi) is 8.64. The number of benzene rings is 1. The van der Waals surface area contributed by atoms with Crippen molar-refractivity contribution >= 4 is 20.4 Å². The van der Waals surface area contributed by atoms with E-state index in [0.29, 0.717) is 12.3 Å². The zero-order valence-corrected chi connectivity index (χ0v) is 19.1. The van der Waals surface area contributed by atoms with Crippen LogP contribution in [0, 0.1) is 23.5 Å². The zero-order valence-electron chi connectivity index (χ0n) is 17.2. The molecule has 1 saturated carbocycles. The molecule has 5 heteroatoms. The van der Waals surface area contributed by atoms with Crippen LogP contribution in [-0.4, -0.2) is 21.3 Å². The molecule has 0 unspecified atom stereocenters. The second-order valence-electron chi connectivity index (χ2n) is 8.89. The van der Waals surface area contributed by atoms with E-state index in [1.165, 1.54) is 50.3 Å². The molecule has 2 fully saturated rings. The summed E-state index contributed by atoms with van der Waals surface area (Å²) in [7, 11) is -0.410. The predicted molar refractivity (Wildman–Crippen MR) is 116 cm³/mol. The monoisotopic (exact) mass is 428 g/mol. The fourth-order valence-electron chi connectivity index (χ4n) is 5.46. The van der Waals surface area contributed by atoms with Crippen molar-refractivity contribution in [2.75, 3.05) is 12.5 Å². The summed E-state index contributed by atoms with van der Waals surface area (Å²) in [5, 5.41) is 0. The Balaban J connectivity index is 1.52. The summed E-state index contributed by atoms with van der Waals surface area (Å²) in [6, 6.07) is 7.60. The topological polar surface area (TPSA) is 9.23 Å². The van der Waals surface area contributed by atoms with Crippen LogP contribution in [0.4, 0.5) is 8.78 Å². The lowest BCUT2D eigenvalue weighted by Crippen LogP contribution is -2.28. The smallest absolute Gasteiger partial charge is 0.190 e. The van der Waals surface area contributed by atoms with Gasteiger partial charge in [0.15, 0.2) is 17.4 Å². The normalized spacial score (nSPS) is 28.3. The Hall–Kier alpha value is -0.613. The number of hydrogen-bond donors (Lipinski definition) is 0. The molecule has 0 bridgehead atoms. The molecule has 2 aliphatic rings. The molecule has 1 aliphatic carbocycles. The van der Waals surface area contributed by atoms with Gasteiger partial charge in [-0.15, -0.1) is 11.6 Å². The molecule has 0 radical (unpaired) electrons. The quantitative estimate of drug-likeness (QED) is 0.240. The second kappa shape index (κ2) is 11.0. The van der Waals surface area contributed by atoms with E-state index in [-0.39, 0.29) is 18.3 Å². The molecule has 0 spiro atoms. The van der Waals surface area contributed by atoms with Gasteiger partial charge in [0, 0.05) is 14.7 Å². The fourth-order valence-corrected chi connectivity index (χ4v) is 9.05. The lowest BCUT2D eigenvalue weighted by Gasteiger charge is -2.37. The van der Waals surface area contributed by atoms with Crippen molar-refractivity contribution in [2.45, 2.75) is 82.3 Å².